The minimum absolute atomic E-state index is 1.06. The van der Waals surface area contributed by atoms with E-state index in [4.69, 9.17) is 0 Å². The first-order valence-electron chi connectivity index (χ1n) is 29.2. The summed E-state index contributed by atoms with van der Waals surface area (Å²) in [6.07, 6.45) is 8.63. The lowest BCUT2D eigenvalue weighted by molar-refractivity contribution is 1.26. The number of hydrogen-bond donors (Lipinski definition) is 0. The Balaban J connectivity index is 0.734. The highest BCUT2D eigenvalue weighted by Gasteiger charge is 2.19. The molecule has 4 nitrogen and oxygen atoms in total. The molecule has 0 radical (unpaired) electrons. The number of hydrogen-bond acceptors (Lipinski definition) is 4. The van der Waals surface area contributed by atoms with Gasteiger partial charge in [0.15, 0.2) is 0 Å². The number of nitrogens with zero attached hydrogens (tertiary/aromatic N) is 4. The molecule has 410 valence electrons. The van der Waals surface area contributed by atoms with Gasteiger partial charge in [0.05, 0.1) is 0 Å². The first-order chi connectivity index (χ1) is 42.6. The molecular formula is C82H62N4. The topological polar surface area (TPSA) is 13.0 Å². The summed E-state index contributed by atoms with van der Waals surface area (Å²) < 4.78 is 0. The van der Waals surface area contributed by atoms with Crippen molar-refractivity contribution in [3.05, 3.63) is 374 Å². The van der Waals surface area contributed by atoms with Gasteiger partial charge in [-0.05, 0) is 190 Å². The maximum Gasteiger partial charge on any atom is 0.0463 e. The van der Waals surface area contributed by atoms with E-state index in [1.165, 1.54) is 11.1 Å². The lowest BCUT2D eigenvalue weighted by Crippen LogP contribution is -2.12. The Hall–Kier alpha value is -11.5. The molecule has 0 aliphatic heterocycles. The van der Waals surface area contributed by atoms with Crippen molar-refractivity contribution in [1.82, 2.24) is 0 Å². The molecule has 0 spiro atoms. The molecule has 0 heterocycles. The fourth-order valence-corrected chi connectivity index (χ4v) is 11.0. The Morgan fingerprint density at radius 2 is 0.267 bits per heavy atom. The van der Waals surface area contributed by atoms with E-state index >= 15 is 0 Å². The van der Waals surface area contributed by atoms with Crippen molar-refractivity contribution in [2.45, 2.75) is 0 Å². The summed E-state index contributed by atoms with van der Waals surface area (Å²) in [6.45, 7) is 0. The van der Waals surface area contributed by atoms with Crippen molar-refractivity contribution >= 4 is 92.6 Å². The lowest BCUT2D eigenvalue weighted by atomic mass is 10.0. The Kier molecular flexibility index (Phi) is 16.1. The monoisotopic (exact) mass is 1100 g/mol. The summed E-state index contributed by atoms with van der Waals surface area (Å²) in [6, 6.07) is 125. The number of rotatable bonds is 18. The highest BCUT2D eigenvalue weighted by molar-refractivity contribution is 5.85. The second-order valence-corrected chi connectivity index (χ2v) is 21.1. The van der Waals surface area contributed by atoms with Gasteiger partial charge in [-0.3, -0.25) is 0 Å². The Bertz CT molecular complexity index is 4010. The lowest BCUT2D eigenvalue weighted by Gasteiger charge is -2.28. The molecule has 13 aromatic rings. The Morgan fingerprint density at radius 1 is 0.128 bits per heavy atom. The number of anilines is 12. The molecule has 0 fully saturated rings. The van der Waals surface area contributed by atoms with Crippen LogP contribution in [-0.4, -0.2) is 0 Å². The van der Waals surface area contributed by atoms with Crippen molar-refractivity contribution in [1.29, 1.82) is 0 Å². The molecule has 13 rings (SSSR count). The molecule has 0 bridgehead atoms. The van der Waals surface area contributed by atoms with E-state index in [0.29, 0.717) is 0 Å². The van der Waals surface area contributed by atoms with E-state index in [9.17, 15) is 0 Å². The van der Waals surface area contributed by atoms with Crippen LogP contribution in [0.5, 0.6) is 0 Å². The molecule has 0 N–H and O–H groups in total. The van der Waals surface area contributed by atoms with Crippen molar-refractivity contribution in [3.63, 3.8) is 0 Å². The highest BCUT2D eigenvalue weighted by atomic mass is 15.2. The van der Waals surface area contributed by atoms with Crippen LogP contribution in [0, 0.1) is 0 Å². The van der Waals surface area contributed by atoms with Crippen LogP contribution in [0.4, 0.5) is 68.2 Å². The van der Waals surface area contributed by atoms with Gasteiger partial charge in [-0.15, -0.1) is 0 Å². The summed E-state index contributed by atoms with van der Waals surface area (Å²) in [5.74, 6) is 0. The number of benzene rings is 13. The normalized spacial score (nSPS) is 11.2. The van der Waals surface area contributed by atoms with Gasteiger partial charge in [-0.1, -0.05) is 231 Å². The summed E-state index contributed by atoms with van der Waals surface area (Å²) in [7, 11) is 0. The van der Waals surface area contributed by atoms with Gasteiger partial charge in [-0.2, -0.15) is 0 Å². The van der Waals surface area contributed by atoms with Crippen LogP contribution in [0.25, 0.3) is 46.6 Å². The van der Waals surface area contributed by atoms with E-state index in [0.717, 1.165) is 102 Å². The summed E-state index contributed by atoms with van der Waals surface area (Å²) in [4.78, 5) is 9.27. The van der Waals surface area contributed by atoms with Crippen molar-refractivity contribution in [3.8, 4) is 22.3 Å². The number of para-hydroxylation sites is 4. The van der Waals surface area contributed by atoms with E-state index in [1.54, 1.807) is 0 Å². The third kappa shape index (κ3) is 12.5. The molecular weight excluding hydrogens is 1040 g/mol. The highest BCUT2D eigenvalue weighted by Crippen LogP contribution is 2.42. The predicted molar refractivity (Wildman–Crippen MR) is 367 cm³/mol. The average Bonchev–Trinajstić information content (AvgIpc) is 2.57. The molecule has 0 saturated carbocycles. The van der Waals surface area contributed by atoms with Gasteiger partial charge in [0, 0.05) is 68.2 Å². The Labute approximate surface area is 505 Å². The van der Waals surface area contributed by atoms with Crippen LogP contribution < -0.4 is 19.6 Å². The SMILES string of the molecule is C(=Cc1ccc(N(c2ccccc2)c2ccc(-c3ccc(N(c4ccccc4)c4ccc(N(c5ccccc5)c5ccc(-c6ccc(N(c7ccccc7)c7ccc(C=Cc8ccccc8)cc7)cc6)cc5)cc4)cc3)cc2)cc1)c1ccccc1. The molecule has 0 atom stereocenters. The summed E-state index contributed by atoms with van der Waals surface area (Å²) >= 11 is 0. The second-order valence-electron chi connectivity index (χ2n) is 21.1. The van der Waals surface area contributed by atoms with E-state index in [-0.39, 0.29) is 0 Å². The van der Waals surface area contributed by atoms with Gasteiger partial charge in [0.2, 0.25) is 0 Å². The van der Waals surface area contributed by atoms with E-state index in [1.807, 2.05) is 12.1 Å². The van der Waals surface area contributed by atoms with Crippen LogP contribution in [0.2, 0.25) is 0 Å². The molecule has 0 saturated heterocycles. The van der Waals surface area contributed by atoms with E-state index < -0.39 is 0 Å². The van der Waals surface area contributed by atoms with Crippen LogP contribution in [0.1, 0.15) is 22.3 Å². The van der Waals surface area contributed by atoms with Gasteiger partial charge < -0.3 is 19.6 Å². The standard InChI is InChI=1S/C82H62N4/c1-7-19-63(20-8-1)31-33-65-35-47-75(48-36-65)83(71-23-11-3-12-24-71)77-51-39-67(40-52-77)69-43-55-79(56-44-69)85(73-27-15-5-16-28-73)81-59-61-82(62-60-81)86(74-29-17-6-18-30-74)80-57-45-70(46-58-80)68-41-53-78(54-42-68)84(72-25-13-4-14-26-72)76-49-37-66(38-50-76)34-32-64-21-9-2-10-22-64/h1-62H. The smallest absolute Gasteiger partial charge is 0.0463 e. The van der Waals surface area contributed by atoms with Gasteiger partial charge >= 0.3 is 0 Å². The van der Waals surface area contributed by atoms with Crippen LogP contribution in [-0.2, 0) is 0 Å². The summed E-state index contributed by atoms with van der Waals surface area (Å²) in [5.41, 5.74) is 22.2. The first-order valence-corrected chi connectivity index (χ1v) is 29.2. The van der Waals surface area contributed by atoms with Gasteiger partial charge in [0.25, 0.3) is 0 Å². The average molecular weight is 1100 g/mol. The summed E-state index contributed by atoms with van der Waals surface area (Å²) in [5, 5.41) is 0. The minimum Gasteiger partial charge on any atom is -0.311 e. The molecule has 0 unspecified atom stereocenters. The predicted octanol–water partition coefficient (Wildman–Crippen LogP) is 23.2. The maximum absolute atomic E-state index is 2.32. The molecule has 13 aromatic carbocycles. The van der Waals surface area contributed by atoms with Crippen molar-refractivity contribution in [2.75, 3.05) is 19.6 Å². The molecule has 0 aromatic heterocycles. The zero-order valence-corrected chi connectivity index (χ0v) is 47.6. The fraction of sp³-hybridized carbons (Fsp3) is 0. The van der Waals surface area contributed by atoms with Gasteiger partial charge in [-0.25, -0.2) is 0 Å². The van der Waals surface area contributed by atoms with Crippen molar-refractivity contribution < 1.29 is 0 Å². The fourth-order valence-electron chi connectivity index (χ4n) is 11.0. The maximum atomic E-state index is 2.32. The van der Waals surface area contributed by atoms with Crippen LogP contribution >= 0.6 is 0 Å². The molecule has 86 heavy (non-hydrogen) atoms. The zero-order valence-electron chi connectivity index (χ0n) is 47.6. The minimum atomic E-state index is 1.06. The van der Waals surface area contributed by atoms with Crippen molar-refractivity contribution in [2.24, 2.45) is 0 Å². The molecule has 0 aliphatic carbocycles. The Morgan fingerprint density at radius 3 is 0.465 bits per heavy atom. The second kappa shape index (κ2) is 25.8. The van der Waals surface area contributed by atoms with E-state index in [2.05, 4.69) is 384 Å². The largest absolute Gasteiger partial charge is 0.311 e. The molecule has 4 heteroatoms. The molecule has 0 aliphatic rings. The third-order valence-corrected chi connectivity index (χ3v) is 15.4. The first kappa shape index (κ1) is 53.8. The van der Waals surface area contributed by atoms with Crippen LogP contribution in [0.3, 0.4) is 0 Å². The zero-order chi connectivity index (χ0) is 57.7. The molecule has 0 amide bonds. The third-order valence-electron chi connectivity index (χ3n) is 15.4. The van der Waals surface area contributed by atoms with Crippen LogP contribution in [0.15, 0.2) is 352 Å². The quantitative estimate of drug-likeness (QED) is 0.0794. The van der Waals surface area contributed by atoms with Gasteiger partial charge in [0.1, 0.15) is 0 Å².